The van der Waals surface area contributed by atoms with Crippen LogP contribution in [0.15, 0.2) is 48.5 Å². The van der Waals surface area contributed by atoms with Crippen molar-refractivity contribution in [2.75, 3.05) is 5.32 Å². The Bertz CT molecular complexity index is 654. The fraction of sp³-hybridized carbons (Fsp3) is 0.125. The molecule has 2 amide bonds. The lowest BCUT2D eigenvalue weighted by Crippen LogP contribution is -2.28. The average Bonchev–Trinajstić information content (AvgIpc) is 2.48. The van der Waals surface area contributed by atoms with E-state index >= 15 is 0 Å². The van der Waals surface area contributed by atoms with Crippen molar-refractivity contribution >= 4 is 29.3 Å². The van der Waals surface area contributed by atoms with Gasteiger partial charge in [-0.1, -0.05) is 35.9 Å². The van der Waals surface area contributed by atoms with Crippen LogP contribution in [0.2, 0.25) is 5.02 Å². The predicted molar refractivity (Wildman–Crippen MR) is 85.1 cm³/mol. The maximum Gasteiger partial charge on any atom is 0.319 e. The van der Waals surface area contributed by atoms with Crippen LogP contribution >= 0.6 is 11.6 Å². The number of hydrogen-bond donors (Lipinski definition) is 3. The van der Waals surface area contributed by atoms with Gasteiger partial charge in [-0.15, -0.1) is 0 Å². The number of nitrogens with one attached hydrogen (secondary N) is 2. The van der Waals surface area contributed by atoms with Crippen molar-refractivity contribution in [2.24, 2.45) is 0 Å². The normalized spacial score (nSPS) is 10.0. The van der Waals surface area contributed by atoms with E-state index in [0.29, 0.717) is 17.3 Å². The fourth-order valence-corrected chi connectivity index (χ4v) is 1.97. The Labute approximate surface area is 132 Å². The van der Waals surface area contributed by atoms with Gasteiger partial charge in [0, 0.05) is 17.3 Å². The first-order chi connectivity index (χ1) is 10.5. The minimum Gasteiger partial charge on any atom is -0.481 e. The van der Waals surface area contributed by atoms with E-state index in [2.05, 4.69) is 10.6 Å². The molecule has 0 heterocycles. The molecule has 0 aliphatic heterocycles. The number of rotatable bonds is 5. The highest BCUT2D eigenvalue weighted by Crippen LogP contribution is 2.13. The molecule has 6 heteroatoms. The number of aliphatic carboxylic acids is 1. The molecule has 0 unspecified atom stereocenters. The minimum atomic E-state index is -0.867. The zero-order valence-electron chi connectivity index (χ0n) is 11.7. The number of amides is 2. The Kier molecular flexibility index (Phi) is 5.38. The number of carbonyl (C=O) groups is 2. The molecule has 114 valence electrons. The van der Waals surface area contributed by atoms with Gasteiger partial charge in [-0.2, -0.15) is 0 Å². The summed E-state index contributed by atoms with van der Waals surface area (Å²) in [7, 11) is 0. The van der Waals surface area contributed by atoms with E-state index in [1.807, 2.05) is 0 Å². The average molecular weight is 319 g/mol. The number of halogens is 1. The lowest BCUT2D eigenvalue weighted by molar-refractivity contribution is -0.136. The maximum atomic E-state index is 11.8. The number of carboxylic acids is 1. The van der Waals surface area contributed by atoms with Crippen LogP contribution in [0, 0.1) is 0 Å². The molecule has 0 aromatic heterocycles. The first kappa shape index (κ1) is 15.9. The van der Waals surface area contributed by atoms with Gasteiger partial charge in [-0.3, -0.25) is 4.79 Å². The molecular weight excluding hydrogens is 304 g/mol. The van der Waals surface area contributed by atoms with Gasteiger partial charge in [-0.25, -0.2) is 4.79 Å². The summed E-state index contributed by atoms with van der Waals surface area (Å²) in [4.78, 5) is 22.3. The summed E-state index contributed by atoms with van der Waals surface area (Å²) in [5.74, 6) is -0.867. The number of urea groups is 1. The third-order valence-corrected chi connectivity index (χ3v) is 3.19. The molecule has 0 atom stereocenters. The van der Waals surface area contributed by atoms with Crippen molar-refractivity contribution in [2.45, 2.75) is 13.0 Å². The van der Waals surface area contributed by atoms with Gasteiger partial charge in [0.1, 0.15) is 0 Å². The summed E-state index contributed by atoms with van der Waals surface area (Å²) < 4.78 is 0. The van der Waals surface area contributed by atoms with Crippen LogP contribution in [0.25, 0.3) is 0 Å². The third-order valence-electron chi connectivity index (χ3n) is 2.93. The summed E-state index contributed by atoms with van der Waals surface area (Å²) in [6.45, 7) is 0.354. The van der Waals surface area contributed by atoms with Crippen LogP contribution in [0.3, 0.4) is 0 Å². The highest BCUT2D eigenvalue weighted by atomic mass is 35.5. The minimum absolute atomic E-state index is 0.00917. The van der Waals surface area contributed by atoms with Crippen LogP contribution in [0.4, 0.5) is 10.5 Å². The van der Waals surface area contributed by atoms with Crippen LogP contribution in [-0.4, -0.2) is 17.1 Å². The van der Waals surface area contributed by atoms with Crippen molar-refractivity contribution in [3.8, 4) is 0 Å². The zero-order chi connectivity index (χ0) is 15.9. The van der Waals surface area contributed by atoms with E-state index in [1.165, 1.54) is 0 Å². The van der Waals surface area contributed by atoms with E-state index in [1.54, 1.807) is 48.5 Å². The van der Waals surface area contributed by atoms with Crippen molar-refractivity contribution in [3.63, 3.8) is 0 Å². The largest absolute Gasteiger partial charge is 0.481 e. The Morgan fingerprint density at radius 3 is 2.14 bits per heavy atom. The number of benzene rings is 2. The molecule has 3 N–H and O–H groups in total. The van der Waals surface area contributed by atoms with Gasteiger partial charge in [0.15, 0.2) is 0 Å². The first-order valence-electron chi connectivity index (χ1n) is 6.63. The summed E-state index contributed by atoms with van der Waals surface area (Å²) in [6.07, 6.45) is -0.00917. The number of anilines is 1. The smallest absolute Gasteiger partial charge is 0.319 e. The third kappa shape index (κ3) is 5.10. The number of carbonyl (C=O) groups excluding carboxylic acids is 1. The quantitative estimate of drug-likeness (QED) is 0.791. The lowest BCUT2D eigenvalue weighted by atomic mass is 10.1. The van der Waals surface area contributed by atoms with Crippen molar-refractivity contribution in [1.29, 1.82) is 0 Å². The molecule has 0 aliphatic carbocycles. The van der Waals surface area contributed by atoms with Gasteiger partial charge in [0.2, 0.25) is 0 Å². The Morgan fingerprint density at radius 2 is 1.55 bits per heavy atom. The van der Waals surface area contributed by atoms with Crippen LogP contribution in [0.5, 0.6) is 0 Å². The second kappa shape index (κ2) is 7.47. The molecule has 0 fully saturated rings. The molecule has 22 heavy (non-hydrogen) atoms. The summed E-state index contributed by atoms with van der Waals surface area (Å²) in [5.41, 5.74) is 2.26. The van der Waals surface area contributed by atoms with Gasteiger partial charge in [-0.05, 0) is 35.4 Å². The van der Waals surface area contributed by atoms with Crippen LogP contribution < -0.4 is 10.6 Å². The monoisotopic (exact) mass is 318 g/mol. The maximum absolute atomic E-state index is 11.8. The Morgan fingerprint density at radius 1 is 0.955 bits per heavy atom. The van der Waals surface area contributed by atoms with E-state index in [-0.39, 0.29) is 12.5 Å². The highest BCUT2D eigenvalue weighted by Gasteiger charge is 2.03. The van der Waals surface area contributed by atoms with Crippen molar-refractivity contribution in [3.05, 3.63) is 64.7 Å². The molecule has 2 rings (SSSR count). The van der Waals surface area contributed by atoms with Gasteiger partial charge in [0.05, 0.1) is 6.42 Å². The lowest BCUT2D eigenvalue weighted by Gasteiger charge is -2.08. The summed E-state index contributed by atoms with van der Waals surface area (Å²) in [5, 5.41) is 14.7. The molecule has 0 saturated carbocycles. The molecule has 0 bridgehead atoms. The van der Waals surface area contributed by atoms with Gasteiger partial charge >= 0.3 is 12.0 Å². The molecule has 2 aromatic rings. The van der Waals surface area contributed by atoms with E-state index in [0.717, 1.165) is 11.1 Å². The molecule has 2 aromatic carbocycles. The molecule has 0 aliphatic rings. The molecular formula is C16H15ClN2O3. The van der Waals surface area contributed by atoms with E-state index < -0.39 is 5.97 Å². The highest BCUT2D eigenvalue weighted by molar-refractivity contribution is 6.30. The molecule has 0 radical (unpaired) electrons. The number of carboxylic acid groups (broad SMARTS) is 1. The first-order valence-corrected chi connectivity index (χ1v) is 7.01. The zero-order valence-corrected chi connectivity index (χ0v) is 12.4. The second-order valence-electron chi connectivity index (χ2n) is 4.70. The van der Waals surface area contributed by atoms with Gasteiger partial charge < -0.3 is 15.7 Å². The fourth-order valence-electron chi connectivity index (χ4n) is 1.84. The SMILES string of the molecule is O=C(O)Cc1ccc(CNC(=O)Nc2ccc(Cl)cc2)cc1. The van der Waals surface area contributed by atoms with Crippen LogP contribution in [-0.2, 0) is 17.8 Å². The standard InChI is InChI=1S/C16H15ClN2O3/c17-13-5-7-14(8-6-13)19-16(22)18-10-12-3-1-11(2-4-12)9-15(20)21/h1-8H,9-10H2,(H,20,21)(H2,18,19,22). The van der Waals surface area contributed by atoms with E-state index in [4.69, 9.17) is 16.7 Å². The van der Waals surface area contributed by atoms with Crippen LogP contribution in [0.1, 0.15) is 11.1 Å². The van der Waals surface area contributed by atoms with E-state index in [9.17, 15) is 9.59 Å². The van der Waals surface area contributed by atoms with Crippen molar-refractivity contribution < 1.29 is 14.7 Å². The molecule has 0 saturated heterocycles. The van der Waals surface area contributed by atoms with Gasteiger partial charge in [0.25, 0.3) is 0 Å². The Hall–Kier alpha value is -2.53. The summed E-state index contributed by atoms with van der Waals surface area (Å²) >= 11 is 5.77. The summed E-state index contributed by atoms with van der Waals surface area (Å²) in [6, 6.07) is 13.5. The predicted octanol–water partition coefficient (Wildman–Crippen LogP) is 3.29. The van der Waals surface area contributed by atoms with Crippen molar-refractivity contribution in [1.82, 2.24) is 5.32 Å². The molecule has 5 nitrogen and oxygen atoms in total. The molecule has 0 spiro atoms. The Balaban J connectivity index is 1.83. The second-order valence-corrected chi connectivity index (χ2v) is 5.14. The topological polar surface area (TPSA) is 78.4 Å². The number of hydrogen-bond acceptors (Lipinski definition) is 2.